The summed E-state index contributed by atoms with van der Waals surface area (Å²) in [5.74, 6) is 0. The summed E-state index contributed by atoms with van der Waals surface area (Å²) in [6.07, 6.45) is 1.46. The van der Waals surface area contributed by atoms with Gasteiger partial charge in [0.1, 0.15) is 5.69 Å². The average molecular weight is 210 g/mol. The van der Waals surface area contributed by atoms with Gasteiger partial charge in [0.15, 0.2) is 0 Å². The van der Waals surface area contributed by atoms with Crippen LogP contribution in [0.25, 0.3) is 5.69 Å². The number of nitrogens with zero attached hydrogens (tertiary/aromatic N) is 1. The Hall–Kier alpha value is -1.68. The quantitative estimate of drug-likeness (QED) is 0.746. The summed E-state index contributed by atoms with van der Waals surface area (Å²) < 4.78 is 1.35. The van der Waals surface area contributed by atoms with Crippen molar-refractivity contribution in [3.05, 3.63) is 45.8 Å². The first kappa shape index (κ1) is 8.90. The molecule has 72 valence electrons. The van der Waals surface area contributed by atoms with E-state index in [9.17, 15) is 4.79 Å². The third kappa shape index (κ3) is 1.40. The number of nitrogen functional groups attached to an aromatic ring is 1. The molecule has 5 heteroatoms. The molecule has 0 atom stereocenters. The molecular weight excluding hydrogens is 202 g/mol. The average Bonchev–Trinajstić information content (AvgIpc) is 2.50. The normalized spacial score (nSPS) is 10.4. The van der Waals surface area contributed by atoms with E-state index in [0.717, 1.165) is 0 Å². The highest BCUT2D eigenvalue weighted by molar-refractivity contribution is 6.30. The largest absolute Gasteiger partial charge is 0.393 e. The van der Waals surface area contributed by atoms with Crippen LogP contribution in [0.4, 0.5) is 5.69 Å². The number of halogens is 1. The Balaban J connectivity index is 2.55. The van der Waals surface area contributed by atoms with Gasteiger partial charge in [-0.05, 0) is 24.3 Å². The van der Waals surface area contributed by atoms with Gasteiger partial charge in [-0.2, -0.15) is 0 Å². The molecule has 0 bridgehead atoms. The molecule has 2 aromatic rings. The van der Waals surface area contributed by atoms with Gasteiger partial charge in [-0.1, -0.05) is 11.6 Å². The lowest BCUT2D eigenvalue weighted by Gasteiger charge is -2.00. The Kier molecular flexibility index (Phi) is 2.05. The Morgan fingerprint density at radius 1 is 1.29 bits per heavy atom. The van der Waals surface area contributed by atoms with Crippen LogP contribution in [0.3, 0.4) is 0 Å². The smallest absolute Gasteiger partial charge is 0.294 e. The van der Waals surface area contributed by atoms with Crippen molar-refractivity contribution in [2.24, 2.45) is 0 Å². The molecule has 0 aliphatic carbocycles. The molecule has 2 rings (SSSR count). The highest BCUT2D eigenvalue weighted by Gasteiger charge is 2.03. The van der Waals surface area contributed by atoms with Crippen LogP contribution in [0.2, 0.25) is 5.02 Å². The van der Waals surface area contributed by atoms with Gasteiger partial charge in [-0.3, -0.25) is 9.89 Å². The minimum Gasteiger partial charge on any atom is -0.393 e. The van der Waals surface area contributed by atoms with Gasteiger partial charge in [-0.25, -0.2) is 4.68 Å². The molecule has 4 nitrogen and oxygen atoms in total. The Bertz CT molecular complexity index is 498. The first-order valence-corrected chi connectivity index (χ1v) is 4.38. The Labute approximate surface area is 84.9 Å². The van der Waals surface area contributed by atoms with Crippen molar-refractivity contribution in [1.29, 1.82) is 0 Å². The van der Waals surface area contributed by atoms with Gasteiger partial charge in [0.25, 0.3) is 5.56 Å². The van der Waals surface area contributed by atoms with Crippen LogP contribution in [0.5, 0.6) is 0 Å². The lowest BCUT2D eigenvalue weighted by Crippen LogP contribution is -2.16. The molecule has 1 aromatic carbocycles. The second-order valence-electron chi connectivity index (χ2n) is 2.85. The molecule has 0 radical (unpaired) electrons. The van der Waals surface area contributed by atoms with E-state index >= 15 is 0 Å². The standard InChI is InChI=1S/C9H8ClN3O/c10-6-1-3-7(4-2-6)13-9(14)8(11)5-12-13/h1-5,12H,11H2. The number of rotatable bonds is 1. The monoisotopic (exact) mass is 209 g/mol. The number of hydrogen-bond acceptors (Lipinski definition) is 2. The van der Waals surface area contributed by atoms with E-state index in [-0.39, 0.29) is 11.2 Å². The highest BCUT2D eigenvalue weighted by atomic mass is 35.5. The third-order valence-corrected chi connectivity index (χ3v) is 2.14. The highest BCUT2D eigenvalue weighted by Crippen LogP contribution is 2.11. The number of aromatic amines is 1. The van der Waals surface area contributed by atoms with Crippen molar-refractivity contribution in [2.75, 3.05) is 5.73 Å². The summed E-state index contributed by atoms with van der Waals surface area (Å²) in [6, 6.07) is 6.89. The van der Waals surface area contributed by atoms with Crippen LogP contribution in [-0.4, -0.2) is 9.78 Å². The number of aromatic nitrogens is 2. The molecular formula is C9H8ClN3O. The van der Waals surface area contributed by atoms with Crippen molar-refractivity contribution in [1.82, 2.24) is 9.78 Å². The minimum atomic E-state index is -0.257. The molecule has 0 unspecified atom stereocenters. The van der Waals surface area contributed by atoms with Gasteiger partial charge in [0, 0.05) is 11.2 Å². The number of nitrogens with one attached hydrogen (secondary N) is 1. The Morgan fingerprint density at radius 2 is 1.93 bits per heavy atom. The number of benzene rings is 1. The van der Waals surface area contributed by atoms with Crippen molar-refractivity contribution < 1.29 is 0 Å². The Morgan fingerprint density at radius 3 is 2.43 bits per heavy atom. The van der Waals surface area contributed by atoms with Crippen molar-refractivity contribution in [3.8, 4) is 5.69 Å². The summed E-state index contributed by atoms with van der Waals surface area (Å²) in [4.78, 5) is 11.4. The molecule has 1 heterocycles. The van der Waals surface area contributed by atoms with Crippen LogP contribution < -0.4 is 11.3 Å². The predicted octanol–water partition coefficient (Wildman–Crippen LogP) is 1.40. The van der Waals surface area contributed by atoms with E-state index in [2.05, 4.69) is 5.10 Å². The number of hydrogen-bond donors (Lipinski definition) is 2. The summed E-state index contributed by atoms with van der Waals surface area (Å²) >= 11 is 5.72. The van der Waals surface area contributed by atoms with Crippen LogP contribution >= 0.6 is 11.6 Å². The molecule has 0 amide bonds. The topological polar surface area (TPSA) is 63.8 Å². The van der Waals surface area contributed by atoms with E-state index in [1.165, 1.54) is 10.9 Å². The van der Waals surface area contributed by atoms with Gasteiger partial charge < -0.3 is 5.73 Å². The zero-order chi connectivity index (χ0) is 10.1. The zero-order valence-electron chi connectivity index (χ0n) is 7.20. The van der Waals surface area contributed by atoms with E-state index in [1.54, 1.807) is 24.3 Å². The maximum Gasteiger partial charge on any atom is 0.294 e. The van der Waals surface area contributed by atoms with Crippen LogP contribution in [0, 0.1) is 0 Å². The lowest BCUT2D eigenvalue weighted by atomic mass is 10.3. The predicted molar refractivity (Wildman–Crippen MR) is 55.8 cm³/mol. The van der Waals surface area contributed by atoms with E-state index in [1.807, 2.05) is 0 Å². The zero-order valence-corrected chi connectivity index (χ0v) is 7.95. The van der Waals surface area contributed by atoms with Crippen molar-refractivity contribution >= 4 is 17.3 Å². The van der Waals surface area contributed by atoms with Gasteiger partial charge in [0.05, 0.1) is 5.69 Å². The van der Waals surface area contributed by atoms with Crippen molar-refractivity contribution in [3.63, 3.8) is 0 Å². The van der Waals surface area contributed by atoms with Crippen LogP contribution in [-0.2, 0) is 0 Å². The fourth-order valence-corrected chi connectivity index (χ4v) is 1.29. The SMILES string of the molecule is Nc1c[nH]n(-c2ccc(Cl)cc2)c1=O. The third-order valence-electron chi connectivity index (χ3n) is 1.88. The number of nitrogens with two attached hydrogens (primary N) is 1. The molecule has 1 aromatic heterocycles. The van der Waals surface area contributed by atoms with Crippen molar-refractivity contribution in [2.45, 2.75) is 0 Å². The summed E-state index contributed by atoms with van der Waals surface area (Å²) in [5.41, 5.74) is 6.06. The molecule has 0 fully saturated rings. The summed E-state index contributed by atoms with van der Waals surface area (Å²) in [5, 5.41) is 3.37. The number of anilines is 1. The molecule has 3 N–H and O–H groups in total. The summed E-state index contributed by atoms with van der Waals surface area (Å²) in [6.45, 7) is 0. The molecule has 0 saturated carbocycles. The second kappa shape index (κ2) is 3.23. The number of H-pyrrole nitrogens is 1. The van der Waals surface area contributed by atoms with Gasteiger partial charge in [0.2, 0.25) is 0 Å². The molecule has 14 heavy (non-hydrogen) atoms. The van der Waals surface area contributed by atoms with Gasteiger partial charge in [-0.15, -0.1) is 0 Å². The minimum absolute atomic E-state index is 0.194. The fraction of sp³-hybridized carbons (Fsp3) is 0. The molecule has 0 saturated heterocycles. The van der Waals surface area contributed by atoms with Crippen LogP contribution in [0.1, 0.15) is 0 Å². The fourth-order valence-electron chi connectivity index (χ4n) is 1.17. The summed E-state index contributed by atoms with van der Waals surface area (Å²) in [7, 11) is 0. The first-order chi connectivity index (χ1) is 6.68. The maximum absolute atomic E-state index is 11.4. The molecule has 0 aliphatic rings. The molecule has 0 aliphatic heterocycles. The van der Waals surface area contributed by atoms with E-state index in [4.69, 9.17) is 17.3 Å². The van der Waals surface area contributed by atoms with E-state index < -0.39 is 0 Å². The first-order valence-electron chi connectivity index (χ1n) is 4.00. The van der Waals surface area contributed by atoms with Gasteiger partial charge >= 0.3 is 0 Å². The lowest BCUT2D eigenvalue weighted by molar-refractivity contribution is 0.850. The maximum atomic E-state index is 11.4. The molecule has 0 spiro atoms. The van der Waals surface area contributed by atoms with E-state index in [0.29, 0.717) is 10.7 Å². The second-order valence-corrected chi connectivity index (χ2v) is 3.28. The van der Waals surface area contributed by atoms with Crippen LogP contribution in [0.15, 0.2) is 35.3 Å².